The summed E-state index contributed by atoms with van der Waals surface area (Å²) in [7, 11) is 2.11. The fraction of sp³-hybridized carbons (Fsp3) is 0.571. The van der Waals surface area contributed by atoms with E-state index in [0.717, 1.165) is 31.8 Å². The van der Waals surface area contributed by atoms with Crippen molar-refractivity contribution < 1.29 is 9.13 Å². The smallest absolute Gasteiger partial charge is 0.123 e. The van der Waals surface area contributed by atoms with Crippen molar-refractivity contribution in [2.75, 3.05) is 33.3 Å². The van der Waals surface area contributed by atoms with Crippen LogP contribution in [-0.4, -0.2) is 44.3 Å². The summed E-state index contributed by atoms with van der Waals surface area (Å²) in [6.07, 6.45) is 0.242. The molecule has 0 bridgehead atoms. The van der Waals surface area contributed by atoms with E-state index in [4.69, 9.17) is 4.74 Å². The molecule has 0 saturated carbocycles. The van der Waals surface area contributed by atoms with Crippen molar-refractivity contribution in [2.24, 2.45) is 0 Å². The van der Waals surface area contributed by atoms with Crippen molar-refractivity contribution in [3.05, 3.63) is 35.6 Å². The highest BCUT2D eigenvalue weighted by Gasteiger charge is 2.18. The summed E-state index contributed by atoms with van der Waals surface area (Å²) in [5, 5.41) is 3.43. The number of benzene rings is 1. The Morgan fingerprint density at radius 1 is 1.44 bits per heavy atom. The van der Waals surface area contributed by atoms with Crippen molar-refractivity contribution in [3.63, 3.8) is 0 Å². The van der Waals surface area contributed by atoms with Gasteiger partial charge in [0.05, 0.1) is 12.7 Å². The number of hydrogen-bond donors (Lipinski definition) is 1. The molecule has 18 heavy (non-hydrogen) atoms. The molecule has 1 aromatic rings. The number of morpholine rings is 1. The number of rotatable bonds is 4. The van der Waals surface area contributed by atoms with Crippen molar-refractivity contribution in [1.82, 2.24) is 10.2 Å². The maximum Gasteiger partial charge on any atom is 0.123 e. The minimum atomic E-state index is -0.191. The minimum Gasteiger partial charge on any atom is -0.374 e. The third-order valence-electron chi connectivity index (χ3n) is 3.36. The molecule has 0 amide bonds. The summed E-state index contributed by atoms with van der Waals surface area (Å²) in [6.45, 7) is 5.67. The van der Waals surface area contributed by atoms with Gasteiger partial charge in [-0.1, -0.05) is 12.1 Å². The van der Waals surface area contributed by atoms with Crippen LogP contribution in [0.2, 0.25) is 0 Å². The van der Waals surface area contributed by atoms with E-state index in [1.807, 2.05) is 12.1 Å². The average molecular weight is 252 g/mol. The minimum absolute atomic E-state index is 0.191. The Labute approximate surface area is 108 Å². The van der Waals surface area contributed by atoms with E-state index in [1.54, 1.807) is 0 Å². The molecule has 0 spiro atoms. The van der Waals surface area contributed by atoms with Crippen molar-refractivity contribution in [1.29, 1.82) is 0 Å². The molecule has 2 unspecified atom stereocenters. The third-order valence-corrected chi connectivity index (χ3v) is 3.36. The van der Waals surface area contributed by atoms with Crippen molar-refractivity contribution in [2.45, 2.75) is 19.1 Å². The number of halogens is 1. The monoisotopic (exact) mass is 252 g/mol. The third kappa shape index (κ3) is 3.77. The number of nitrogens with one attached hydrogen (secondary N) is 1. The number of ether oxygens (including phenoxy) is 1. The molecular weight excluding hydrogens is 231 g/mol. The molecule has 1 aliphatic heterocycles. The summed E-state index contributed by atoms with van der Waals surface area (Å²) in [6, 6.07) is 6.85. The van der Waals surface area contributed by atoms with Gasteiger partial charge in [-0.05, 0) is 31.7 Å². The topological polar surface area (TPSA) is 24.5 Å². The fourth-order valence-electron chi connectivity index (χ4n) is 2.17. The van der Waals surface area contributed by atoms with E-state index in [0.29, 0.717) is 0 Å². The predicted octanol–water partition coefficient (Wildman–Crippen LogP) is 1.81. The van der Waals surface area contributed by atoms with Crippen LogP contribution >= 0.6 is 0 Å². The van der Waals surface area contributed by atoms with E-state index in [-0.39, 0.29) is 18.0 Å². The van der Waals surface area contributed by atoms with Crippen LogP contribution in [0.5, 0.6) is 0 Å². The molecule has 0 aromatic heterocycles. The SMILES string of the molecule is CC(NCC1CN(C)CCO1)c1ccc(F)cc1. The first kappa shape index (κ1) is 13.5. The molecule has 1 aromatic carbocycles. The van der Waals surface area contributed by atoms with Gasteiger partial charge in [0.2, 0.25) is 0 Å². The molecule has 4 heteroatoms. The molecule has 3 nitrogen and oxygen atoms in total. The summed E-state index contributed by atoms with van der Waals surface area (Å²) < 4.78 is 18.5. The average Bonchev–Trinajstić information content (AvgIpc) is 2.37. The standard InChI is InChI=1S/C14H21FN2O/c1-11(12-3-5-13(15)6-4-12)16-9-14-10-17(2)7-8-18-14/h3-6,11,14,16H,7-10H2,1-2H3. The zero-order chi connectivity index (χ0) is 13.0. The first-order chi connectivity index (χ1) is 8.65. The highest BCUT2D eigenvalue weighted by molar-refractivity contribution is 5.19. The molecule has 1 heterocycles. The van der Waals surface area contributed by atoms with Gasteiger partial charge in [0, 0.05) is 25.7 Å². The number of likely N-dealkylation sites (N-methyl/N-ethyl adjacent to an activating group) is 1. The lowest BCUT2D eigenvalue weighted by molar-refractivity contribution is -0.0190. The largest absolute Gasteiger partial charge is 0.374 e. The van der Waals surface area contributed by atoms with E-state index in [1.165, 1.54) is 12.1 Å². The Morgan fingerprint density at radius 2 is 2.17 bits per heavy atom. The van der Waals surface area contributed by atoms with Crippen LogP contribution in [0.1, 0.15) is 18.5 Å². The summed E-state index contributed by atoms with van der Waals surface area (Å²) in [5.74, 6) is -0.191. The van der Waals surface area contributed by atoms with Crippen LogP contribution in [0.3, 0.4) is 0 Å². The Balaban J connectivity index is 1.80. The molecule has 0 radical (unpaired) electrons. The lowest BCUT2D eigenvalue weighted by atomic mass is 10.1. The van der Waals surface area contributed by atoms with E-state index >= 15 is 0 Å². The first-order valence-corrected chi connectivity index (χ1v) is 6.44. The number of hydrogen-bond acceptors (Lipinski definition) is 3. The first-order valence-electron chi connectivity index (χ1n) is 6.44. The van der Waals surface area contributed by atoms with E-state index in [9.17, 15) is 4.39 Å². The summed E-state index contributed by atoms with van der Waals surface area (Å²) in [5.41, 5.74) is 1.10. The van der Waals surface area contributed by atoms with Gasteiger partial charge in [-0.3, -0.25) is 0 Å². The second kappa shape index (κ2) is 6.27. The molecular formula is C14H21FN2O. The summed E-state index contributed by atoms with van der Waals surface area (Å²) >= 11 is 0. The predicted molar refractivity (Wildman–Crippen MR) is 70.1 cm³/mol. The highest BCUT2D eigenvalue weighted by Crippen LogP contribution is 2.13. The van der Waals surface area contributed by atoms with Crippen LogP contribution in [0.25, 0.3) is 0 Å². The van der Waals surface area contributed by atoms with Gasteiger partial charge in [-0.15, -0.1) is 0 Å². The maximum absolute atomic E-state index is 12.8. The van der Waals surface area contributed by atoms with Gasteiger partial charge in [0.15, 0.2) is 0 Å². The van der Waals surface area contributed by atoms with Crippen LogP contribution < -0.4 is 5.32 Å². The molecule has 1 N–H and O–H groups in total. The maximum atomic E-state index is 12.8. The second-order valence-electron chi connectivity index (χ2n) is 4.94. The van der Waals surface area contributed by atoms with Crippen LogP contribution in [0.4, 0.5) is 4.39 Å². The normalized spacial score (nSPS) is 22.9. The Morgan fingerprint density at radius 3 is 2.83 bits per heavy atom. The van der Waals surface area contributed by atoms with Gasteiger partial charge >= 0.3 is 0 Å². The highest BCUT2D eigenvalue weighted by atomic mass is 19.1. The van der Waals surface area contributed by atoms with Crippen molar-refractivity contribution in [3.8, 4) is 0 Å². The molecule has 1 saturated heterocycles. The van der Waals surface area contributed by atoms with Crippen LogP contribution in [0, 0.1) is 5.82 Å². The molecule has 1 aliphatic rings. The number of nitrogens with zero attached hydrogens (tertiary/aromatic N) is 1. The molecule has 1 fully saturated rings. The Bertz CT molecular complexity index is 369. The van der Waals surface area contributed by atoms with Gasteiger partial charge in [0.25, 0.3) is 0 Å². The van der Waals surface area contributed by atoms with E-state index in [2.05, 4.69) is 24.2 Å². The van der Waals surface area contributed by atoms with Crippen LogP contribution in [0.15, 0.2) is 24.3 Å². The quantitative estimate of drug-likeness (QED) is 0.884. The lowest BCUT2D eigenvalue weighted by Gasteiger charge is -2.31. The Kier molecular flexibility index (Phi) is 4.69. The fourth-order valence-corrected chi connectivity index (χ4v) is 2.17. The zero-order valence-corrected chi connectivity index (χ0v) is 11.0. The van der Waals surface area contributed by atoms with Gasteiger partial charge in [-0.2, -0.15) is 0 Å². The van der Waals surface area contributed by atoms with Crippen molar-refractivity contribution >= 4 is 0 Å². The molecule has 0 aliphatic carbocycles. The molecule has 2 atom stereocenters. The lowest BCUT2D eigenvalue weighted by Crippen LogP contribution is -2.45. The summed E-state index contributed by atoms with van der Waals surface area (Å²) in [4.78, 5) is 2.28. The van der Waals surface area contributed by atoms with Gasteiger partial charge < -0.3 is 15.0 Å². The van der Waals surface area contributed by atoms with Gasteiger partial charge in [-0.25, -0.2) is 4.39 Å². The van der Waals surface area contributed by atoms with E-state index < -0.39 is 0 Å². The molecule has 100 valence electrons. The zero-order valence-electron chi connectivity index (χ0n) is 11.0. The van der Waals surface area contributed by atoms with Crippen LogP contribution in [-0.2, 0) is 4.74 Å². The molecule has 2 rings (SSSR count). The van der Waals surface area contributed by atoms with Gasteiger partial charge in [0.1, 0.15) is 5.82 Å². The second-order valence-corrected chi connectivity index (χ2v) is 4.94. The Hall–Kier alpha value is -0.970.